The minimum Gasteiger partial charge on any atom is -0.322 e. The molecule has 0 spiro atoms. The Kier molecular flexibility index (Phi) is 4.10. The minimum absolute atomic E-state index is 0.207. The average Bonchev–Trinajstić information content (AvgIpc) is 2.39. The highest BCUT2D eigenvalue weighted by molar-refractivity contribution is 6.32. The Hall–Kier alpha value is -2.13. The van der Waals surface area contributed by atoms with Gasteiger partial charge in [-0.05, 0) is 29.8 Å². The van der Waals surface area contributed by atoms with Crippen LogP contribution in [0.15, 0.2) is 54.9 Å². The first-order valence-corrected chi connectivity index (χ1v) is 5.77. The third-order valence-electron chi connectivity index (χ3n) is 2.27. The van der Waals surface area contributed by atoms with E-state index in [1.807, 2.05) is 18.2 Å². The number of halogens is 1. The summed E-state index contributed by atoms with van der Waals surface area (Å²) in [6, 6.07) is 10.8. The van der Waals surface area contributed by atoms with Crippen LogP contribution in [0.5, 0.6) is 0 Å². The Balaban J connectivity index is 2.02. The second kappa shape index (κ2) is 5.98. The molecule has 2 aromatic rings. The SMILES string of the molecule is O=C(C=Cc1ccccc1Cl)Nc1ccncc1. The van der Waals surface area contributed by atoms with E-state index < -0.39 is 0 Å². The molecule has 0 fully saturated rings. The molecule has 90 valence electrons. The summed E-state index contributed by atoms with van der Waals surface area (Å²) in [6.45, 7) is 0. The van der Waals surface area contributed by atoms with Crippen LogP contribution >= 0.6 is 11.6 Å². The molecule has 1 N–H and O–H groups in total. The number of rotatable bonds is 3. The Labute approximate surface area is 110 Å². The first kappa shape index (κ1) is 12.3. The molecule has 0 atom stereocenters. The smallest absolute Gasteiger partial charge is 0.248 e. The molecule has 3 nitrogen and oxygen atoms in total. The van der Waals surface area contributed by atoms with Crippen LogP contribution in [-0.2, 0) is 4.79 Å². The monoisotopic (exact) mass is 258 g/mol. The maximum absolute atomic E-state index is 11.6. The molecule has 2 rings (SSSR count). The van der Waals surface area contributed by atoms with Crippen molar-refractivity contribution in [1.29, 1.82) is 0 Å². The topological polar surface area (TPSA) is 42.0 Å². The van der Waals surface area contributed by atoms with Crippen LogP contribution in [-0.4, -0.2) is 10.9 Å². The number of pyridine rings is 1. The Morgan fingerprint density at radius 1 is 1.17 bits per heavy atom. The third-order valence-corrected chi connectivity index (χ3v) is 2.61. The van der Waals surface area contributed by atoms with Crippen molar-refractivity contribution >= 4 is 29.3 Å². The number of benzene rings is 1. The van der Waals surface area contributed by atoms with Gasteiger partial charge in [0, 0.05) is 29.2 Å². The van der Waals surface area contributed by atoms with Crippen molar-refractivity contribution in [2.24, 2.45) is 0 Å². The van der Waals surface area contributed by atoms with Crippen molar-refractivity contribution in [3.05, 3.63) is 65.5 Å². The molecule has 0 aliphatic carbocycles. The maximum Gasteiger partial charge on any atom is 0.248 e. The summed E-state index contributed by atoms with van der Waals surface area (Å²) in [6.07, 6.45) is 6.36. The standard InChI is InChI=1S/C14H11ClN2O/c15-13-4-2-1-3-11(13)5-6-14(18)17-12-7-9-16-10-8-12/h1-10H,(H,16,17,18). The zero-order chi connectivity index (χ0) is 12.8. The fourth-order valence-corrected chi connectivity index (χ4v) is 1.59. The molecule has 1 heterocycles. The van der Waals surface area contributed by atoms with Gasteiger partial charge in [-0.2, -0.15) is 0 Å². The van der Waals surface area contributed by atoms with Crippen molar-refractivity contribution in [3.63, 3.8) is 0 Å². The van der Waals surface area contributed by atoms with Crippen LogP contribution in [0.3, 0.4) is 0 Å². The van der Waals surface area contributed by atoms with Crippen molar-refractivity contribution in [3.8, 4) is 0 Å². The van der Waals surface area contributed by atoms with E-state index in [4.69, 9.17) is 11.6 Å². The van der Waals surface area contributed by atoms with E-state index in [2.05, 4.69) is 10.3 Å². The molecular weight excluding hydrogens is 248 g/mol. The van der Waals surface area contributed by atoms with Crippen LogP contribution < -0.4 is 5.32 Å². The fraction of sp³-hybridized carbons (Fsp3) is 0. The van der Waals surface area contributed by atoms with Crippen molar-refractivity contribution in [2.45, 2.75) is 0 Å². The van der Waals surface area contributed by atoms with E-state index in [-0.39, 0.29) is 5.91 Å². The summed E-state index contributed by atoms with van der Waals surface area (Å²) in [5.74, 6) is -0.207. The highest BCUT2D eigenvalue weighted by atomic mass is 35.5. The lowest BCUT2D eigenvalue weighted by molar-refractivity contribution is -0.111. The van der Waals surface area contributed by atoms with Gasteiger partial charge < -0.3 is 5.32 Å². The van der Waals surface area contributed by atoms with Gasteiger partial charge in [-0.1, -0.05) is 29.8 Å². The van der Waals surface area contributed by atoms with Crippen LogP contribution in [0.2, 0.25) is 5.02 Å². The number of nitrogens with zero attached hydrogens (tertiary/aromatic N) is 1. The Morgan fingerprint density at radius 2 is 1.89 bits per heavy atom. The molecule has 0 unspecified atom stereocenters. The Bertz CT molecular complexity index is 567. The molecule has 0 aliphatic heterocycles. The number of carbonyl (C=O) groups is 1. The van der Waals surface area contributed by atoms with Crippen molar-refractivity contribution < 1.29 is 4.79 Å². The van der Waals surface area contributed by atoms with Gasteiger partial charge in [0.25, 0.3) is 0 Å². The van der Waals surface area contributed by atoms with Gasteiger partial charge in [-0.25, -0.2) is 0 Å². The van der Waals surface area contributed by atoms with E-state index in [9.17, 15) is 4.79 Å². The van der Waals surface area contributed by atoms with Gasteiger partial charge in [0.05, 0.1) is 0 Å². The van der Waals surface area contributed by atoms with Crippen LogP contribution in [0.4, 0.5) is 5.69 Å². The summed E-state index contributed by atoms with van der Waals surface area (Å²) < 4.78 is 0. The summed E-state index contributed by atoms with van der Waals surface area (Å²) >= 11 is 5.98. The van der Waals surface area contributed by atoms with E-state index in [0.29, 0.717) is 10.7 Å². The normalized spacial score (nSPS) is 10.5. The van der Waals surface area contributed by atoms with E-state index >= 15 is 0 Å². The van der Waals surface area contributed by atoms with Gasteiger partial charge in [-0.15, -0.1) is 0 Å². The summed E-state index contributed by atoms with van der Waals surface area (Å²) in [5, 5.41) is 3.34. The van der Waals surface area contributed by atoms with Gasteiger partial charge in [0.2, 0.25) is 5.91 Å². The quantitative estimate of drug-likeness (QED) is 0.858. The fourth-order valence-electron chi connectivity index (χ4n) is 1.39. The third kappa shape index (κ3) is 3.43. The molecular formula is C14H11ClN2O. The molecule has 4 heteroatoms. The Morgan fingerprint density at radius 3 is 2.61 bits per heavy atom. The predicted octanol–water partition coefficient (Wildman–Crippen LogP) is 3.39. The second-order valence-electron chi connectivity index (χ2n) is 3.58. The summed E-state index contributed by atoms with van der Waals surface area (Å²) in [7, 11) is 0. The summed E-state index contributed by atoms with van der Waals surface area (Å²) in [5.41, 5.74) is 1.52. The zero-order valence-electron chi connectivity index (χ0n) is 9.51. The number of hydrogen-bond acceptors (Lipinski definition) is 2. The summed E-state index contributed by atoms with van der Waals surface area (Å²) in [4.78, 5) is 15.5. The molecule has 0 bridgehead atoms. The van der Waals surface area contributed by atoms with E-state index in [1.165, 1.54) is 6.08 Å². The zero-order valence-corrected chi connectivity index (χ0v) is 10.3. The largest absolute Gasteiger partial charge is 0.322 e. The van der Waals surface area contributed by atoms with Gasteiger partial charge >= 0.3 is 0 Å². The number of anilines is 1. The lowest BCUT2D eigenvalue weighted by atomic mass is 10.2. The number of carbonyl (C=O) groups excluding carboxylic acids is 1. The van der Waals surface area contributed by atoms with Crippen molar-refractivity contribution in [1.82, 2.24) is 4.98 Å². The van der Waals surface area contributed by atoms with E-state index in [0.717, 1.165) is 5.56 Å². The number of aromatic nitrogens is 1. The van der Waals surface area contributed by atoms with E-state index in [1.54, 1.807) is 36.7 Å². The van der Waals surface area contributed by atoms with Gasteiger partial charge in [-0.3, -0.25) is 9.78 Å². The first-order valence-electron chi connectivity index (χ1n) is 5.39. The molecule has 0 saturated carbocycles. The molecule has 0 radical (unpaired) electrons. The van der Waals surface area contributed by atoms with Crippen LogP contribution in [0.1, 0.15) is 5.56 Å². The number of amides is 1. The van der Waals surface area contributed by atoms with Crippen LogP contribution in [0, 0.1) is 0 Å². The molecule has 1 aromatic heterocycles. The van der Waals surface area contributed by atoms with Gasteiger partial charge in [0.1, 0.15) is 0 Å². The first-order chi connectivity index (χ1) is 8.75. The van der Waals surface area contributed by atoms with Gasteiger partial charge in [0.15, 0.2) is 0 Å². The lowest BCUT2D eigenvalue weighted by Gasteiger charge is -2.00. The lowest BCUT2D eigenvalue weighted by Crippen LogP contribution is -2.07. The maximum atomic E-state index is 11.6. The number of nitrogens with one attached hydrogen (secondary N) is 1. The molecule has 18 heavy (non-hydrogen) atoms. The molecule has 0 aliphatic rings. The van der Waals surface area contributed by atoms with Crippen molar-refractivity contribution in [2.75, 3.05) is 5.32 Å². The number of hydrogen-bond donors (Lipinski definition) is 1. The average molecular weight is 259 g/mol. The molecule has 0 saturated heterocycles. The molecule has 1 aromatic carbocycles. The highest BCUT2D eigenvalue weighted by Crippen LogP contribution is 2.16. The molecule has 1 amide bonds. The second-order valence-corrected chi connectivity index (χ2v) is 3.99. The predicted molar refractivity (Wildman–Crippen MR) is 73.4 cm³/mol. The highest BCUT2D eigenvalue weighted by Gasteiger charge is 1.98. The minimum atomic E-state index is -0.207. The van der Waals surface area contributed by atoms with Crippen LogP contribution in [0.25, 0.3) is 6.08 Å².